The van der Waals surface area contributed by atoms with Crippen LogP contribution in [-0.4, -0.2) is 55.1 Å². The van der Waals surface area contributed by atoms with Crippen LogP contribution in [0.15, 0.2) is 53.7 Å². The first-order valence-electron chi connectivity index (χ1n) is 9.14. The van der Waals surface area contributed by atoms with Gasteiger partial charge in [0.1, 0.15) is 5.82 Å². The standard InChI is InChI=1S/C20H24ClN5.HI/c1-22-20(24-18-14-17(18)15-5-4-6-16(21)13-15)26-11-9-25(10-12-26)19-7-2-3-8-23-19;/h2-8,13,17-18H,9-12,14H2,1H3,(H,22,24);1H. The number of piperazine rings is 1. The molecule has 5 nitrogen and oxygen atoms in total. The van der Waals surface area contributed by atoms with E-state index in [1.807, 2.05) is 37.5 Å². The Labute approximate surface area is 182 Å². The van der Waals surface area contributed by atoms with Gasteiger partial charge in [-0.05, 0) is 36.2 Å². The molecule has 1 aliphatic heterocycles. The van der Waals surface area contributed by atoms with Crippen LogP contribution in [0.1, 0.15) is 17.9 Å². The van der Waals surface area contributed by atoms with Crippen molar-refractivity contribution in [1.82, 2.24) is 15.2 Å². The maximum atomic E-state index is 6.12. The number of pyridine rings is 1. The van der Waals surface area contributed by atoms with E-state index >= 15 is 0 Å². The van der Waals surface area contributed by atoms with Crippen molar-refractivity contribution in [2.45, 2.75) is 18.4 Å². The lowest BCUT2D eigenvalue weighted by molar-refractivity contribution is 0.371. The Hall–Kier alpha value is -1.54. The number of aliphatic imine (C=N–C) groups is 1. The second-order valence-corrected chi connectivity index (χ2v) is 7.29. The molecule has 1 aromatic carbocycles. The van der Waals surface area contributed by atoms with Crippen molar-refractivity contribution in [3.05, 3.63) is 59.2 Å². The Kier molecular flexibility index (Phi) is 6.81. The molecule has 4 rings (SSSR count). The maximum Gasteiger partial charge on any atom is 0.194 e. The fourth-order valence-electron chi connectivity index (χ4n) is 3.61. The van der Waals surface area contributed by atoms with Crippen LogP contribution in [0.2, 0.25) is 5.02 Å². The van der Waals surface area contributed by atoms with E-state index in [0.717, 1.165) is 49.4 Å². The van der Waals surface area contributed by atoms with Crippen LogP contribution in [0.3, 0.4) is 0 Å². The van der Waals surface area contributed by atoms with Crippen LogP contribution in [0.25, 0.3) is 0 Å². The van der Waals surface area contributed by atoms with Gasteiger partial charge in [0.25, 0.3) is 0 Å². The molecule has 1 saturated carbocycles. The minimum atomic E-state index is 0. The number of rotatable bonds is 3. The van der Waals surface area contributed by atoms with Gasteiger partial charge in [0, 0.05) is 56.4 Å². The summed E-state index contributed by atoms with van der Waals surface area (Å²) in [5.74, 6) is 2.58. The van der Waals surface area contributed by atoms with Gasteiger partial charge in [0.15, 0.2) is 5.96 Å². The fraction of sp³-hybridized carbons (Fsp3) is 0.400. The van der Waals surface area contributed by atoms with Gasteiger partial charge >= 0.3 is 0 Å². The van der Waals surface area contributed by atoms with Crippen molar-refractivity contribution in [3.63, 3.8) is 0 Å². The van der Waals surface area contributed by atoms with Crippen LogP contribution in [-0.2, 0) is 0 Å². The molecule has 2 heterocycles. The summed E-state index contributed by atoms with van der Waals surface area (Å²) in [6.45, 7) is 3.82. The predicted molar refractivity (Wildman–Crippen MR) is 123 cm³/mol. The Morgan fingerprint density at radius 3 is 2.63 bits per heavy atom. The monoisotopic (exact) mass is 497 g/mol. The number of nitrogens with zero attached hydrogens (tertiary/aromatic N) is 4. The summed E-state index contributed by atoms with van der Waals surface area (Å²) in [7, 11) is 1.87. The van der Waals surface area contributed by atoms with Crippen LogP contribution in [0.4, 0.5) is 5.82 Å². The largest absolute Gasteiger partial charge is 0.353 e. The first-order valence-corrected chi connectivity index (χ1v) is 9.52. The van der Waals surface area contributed by atoms with Gasteiger partial charge in [-0.25, -0.2) is 4.98 Å². The first kappa shape index (κ1) is 20.2. The number of aromatic nitrogens is 1. The topological polar surface area (TPSA) is 43.8 Å². The number of benzene rings is 1. The van der Waals surface area contributed by atoms with E-state index in [0.29, 0.717) is 12.0 Å². The van der Waals surface area contributed by atoms with Crippen molar-refractivity contribution >= 4 is 47.4 Å². The summed E-state index contributed by atoms with van der Waals surface area (Å²) in [4.78, 5) is 13.6. The third-order valence-electron chi connectivity index (χ3n) is 5.15. The fourth-order valence-corrected chi connectivity index (χ4v) is 3.81. The first-order chi connectivity index (χ1) is 12.7. The smallest absolute Gasteiger partial charge is 0.194 e. The molecule has 1 aliphatic carbocycles. The number of hydrogen-bond acceptors (Lipinski definition) is 3. The molecular formula is C20H25ClIN5. The van der Waals surface area contributed by atoms with Crippen molar-refractivity contribution in [2.75, 3.05) is 38.1 Å². The van der Waals surface area contributed by atoms with Gasteiger partial charge in [-0.1, -0.05) is 29.8 Å². The van der Waals surface area contributed by atoms with E-state index < -0.39 is 0 Å². The van der Waals surface area contributed by atoms with Crippen LogP contribution in [0.5, 0.6) is 0 Å². The summed E-state index contributed by atoms with van der Waals surface area (Å²) in [5, 5.41) is 4.44. The molecule has 27 heavy (non-hydrogen) atoms. The molecule has 2 aromatic rings. The molecule has 0 amide bonds. The molecule has 2 unspecified atom stereocenters. The zero-order valence-corrected chi connectivity index (χ0v) is 18.5. The van der Waals surface area contributed by atoms with Gasteiger partial charge in [0.05, 0.1) is 0 Å². The molecule has 1 saturated heterocycles. The number of anilines is 1. The van der Waals surface area contributed by atoms with Gasteiger partial charge in [-0.3, -0.25) is 4.99 Å². The second-order valence-electron chi connectivity index (χ2n) is 6.86. The lowest BCUT2D eigenvalue weighted by atomic mass is 10.1. The molecule has 0 radical (unpaired) electrons. The Bertz CT molecular complexity index is 777. The Morgan fingerprint density at radius 2 is 1.96 bits per heavy atom. The summed E-state index contributed by atoms with van der Waals surface area (Å²) in [5.41, 5.74) is 1.31. The van der Waals surface area contributed by atoms with Crippen LogP contribution >= 0.6 is 35.6 Å². The highest BCUT2D eigenvalue weighted by Gasteiger charge is 2.39. The number of halogens is 2. The number of hydrogen-bond donors (Lipinski definition) is 1. The molecular weight excluding hydrogens is 473 g/mol. The third-order valence-corrected chi connectivity index (χ3v) is 5.38. The number of guanidine groups is 1. The van der Waals surface area contributed by atoms with Gasteiger partial charge < -0.3 is 15.1 Å². The zero-order valence-electron chi connectivity index (χ0n) is 15.4. The van der Waals surface area contributed by atoms with Gasteiger partial charge in [0.2, 0.25) is 0 Å². The lowest BCUT2D eigenvalue weighted by Crippen LogP contribution is -2.53. The summed E-state index contributed by atoms with van der Waals surface area (Å²) < 4.78 is 0. The van der Waals surface area contributed by atoms with Crippen molar-refractivity contribution in [1.29, 1.82) is 0 Å². The average molecular weight is 498 g/mol. The quantitative estimate of drug-likeness (QED) is 0.400. The van der Waals surface area contributed by atoms with Crippen LogP contribution in [0, 0.1) is 0 Å². The summed E-state index contributed by atoms with van der Waals surface area (Å²) in [6.07, 6.45) is 2.98. The SMILES string of the molecule is CN=C(NC1CC1c1cccc(Cl)c1)N1CCN(c2ccccn2)CC1.I. The average Bonchev–Trinajstić information content (AvgIpc) is 3.46. The molecule has 7 heteroatoms. The minimum absolute atomic E-state index is 0. The van der Waals surface area contributed by atoms with Gasteiger partial charge in [-0.15, -0.1) is 24.0 Å². The Balaban J connectivity index is 0.00000210. The lowest BCUT2D eigenvalue weighted by Gasteiger charge is -2.37. The molecule has 0 spiro atoms. The highest BCUT2D eigenvalue weighted by molar-refractivity contribution is 14.0. The van der Waals surface area contributed by atoms with E-state index in [-0.39, 0.29) is 24.0 Å². The molecule has 2 aliphatic rings. The predicted octanol–water partition coefficient (Wildman–Crippen LogP) is 3.61. The molecule has 144 valence electrons. The Morgan fingerprint density at radius 1 is 1.15 bits per heavy atom. The molecule has 2 atom stereocenters. The summed E-state index contributed by atoms with van der Waals surface area (Å²) >= 11 is 6.12. The third kappa shape index (κ3) is 4.85. The zero-order chi connectivity index (χ0) is 17.9. The molecule has 1 aromatic heterocycles. The second kappa shape index (κ2) is 9.10. The van der Waals surface area contributed by atoms with Gasteiger partial charge in [-0.2, -0.15) is 0 Å². The van der Waals surface area contributed by atoms with E-state index in [1.54, 1.807) is 0 Å². The molecule has 1 N–H and O–H groups in total. The van der Waals surface area contributed by atoms with E-state index in [4.69, 9.17) is 11.6 Å². The van der Waals surface area contributed by atoms with Crippen LogP contribution < -0.4 is 10.2 Å². The summed E-state index contributed by atoms with van der Waals surface area (Å²) in [6, 6.07) is 14.7. The molecule has 0 bridgehead atoms. The minimum Gasteiger partial charge on any atom is -0.353 e. The van der Waals surface area contributed by atoms with E-state index in [1.165, 1.54) is 5.56 Å². The van der Waals surface area contributed by atoms with E-state index in [9.17, 15) is 0 Å². The maximum absolute atomic E-state index is 6.12. The van der Waals surface area contributed by atoms with Crippen molar-refractivity contribution in [3.8, 4) is 0 Å². The number of nitrogens with one attached hydrogen (secondary N) is 1. The highest BCUT2D eigenvalue weighted by atomic mass is 127. The highest BCUT2D eigenvalue weighted by Crippen LogP contribution is 2.41. The van der Waals surface area contributed by atoms with Crippen molar-refractivity contribution < 1.29 is 0 Å². The van der Waals surface area contributed by atoms with Crippen molar-refractivity contribution in [2.24, 2.45) is 4.99 Å². The molecule has 2 fully saturated rings. The van der Waals surface area contributed by atoms with E-state index in [2.05, 4.69) is 43.3 Å². The normalized spacial score (nSPS) is 22.2.